The Morgan fingerprint density at radius 1 is 1.12 bits per heavy atom. The zero-order valence-corrected chi connectivity index (χ0v) is 19.5. The van der Waals surface area contributed by atoms with Crippen LogP contribution in [0.15, 0.2) is 53.4 Å². The van der Waals surface area contributed by atoms with E-state index in [0.29, 0.717) is 32.2 Å². The molecule has 0 radical (unpaired) electrons. The van der Waals surface area contributed by atoms with E-state index in [9.17, 15) is 23.3 Å². The Morgan fingerprint density at radius 2 is 1.79 bits per heavy atom. The lowest BCUT2D eigenvalue weighted by molar-refractivity contribution is -0.384. The van der Waals surface area contributed by atoms with Crippen LogP contribution < -0.4 is 10.0 Å². The number of carbonyl (C=O) groups is 1. The summed E-state index contributed by atoms with van der Waals surface area (Å²) in [4.78, 5) is 22.9. The highest BCUT2D eigenvalue weighted by Gasteiger charge is 2.31. The molecule has 0 bridgehead atoms. The molecule has 0 amide bonds. The third-order valence-corrected chi connectivity index (χ3v) is 7.05. The lowest BCUT2D eigenvalue weighted by Gasteiger charge is -2.28. The van der Waals surface area contributed by atoms with Crippen LogP contribution in [0.5, 0.6) is 0 Å². The van der Waals surface area contributed by atoms with Gasteiger partial charge in [-0.25, -0.2) is 13.1 Å². The van der Waals surface area contributed by atoms with Crippen LogP contribution >= 0.6 is 0 Å². The maximum absolute atomic E-state index is 12.9. The number of hydrogen-bond donors (Lipinski definition) is 2. The molecule has 0 spiro atoms. The van der Waals surface area contributed by atoms with Crippen molar-refractivity contribution >= 4 is 27.4 Å². The molecule has 178 valence electrons. The fourth-order valence-electron chi connectivity index (χ4n) is 3.84. The van der Waals surface area contributed by atoms with Gasteiger partial charge in [0.05, 0.1) is 21.8 Å². The van der Waals surface area contributed by atoms with Crippen molar-refractivity contribution in [2.45, 2.75) is 63.1 Å². The van der Waals surface area contributed by atoms with Crippen molar-refractivity contribution < 1.29 is 22.9 Å². The van der Waals surface area contributed by atoms with Gasteiger partial charge in [-0.05, 0) is 57.2 Å². The number of carbonyl (C=O) groups excluding carboxylic acids is 1. The van der Waals surface area contributed by atoms with Gasteiger partial charge in [0.15, 0.2) is 0 Å². The summed E-state index contributed by atoms with van der Waals surface area (Å²) in [7, 11) is -3.95. The number of hydrogen-bond acceptors (Lipinski definition) is 7. The summed E-state index contributed by atoms with van der Waals surface area (Å²) in [5, 5.41) is 14.6. The topological polar surface area (TPSA) is 128 Å². The van der Waals surface area contributed by atoms with Crippen LogP contribution in [0, 0.1) is 16.0 Å². The lowest BCUT2D eigenvalue weighted by atomic mass is 9.86. The molecule has 0 atom stereocenters. The molecule has 1 saturated carbocycles. The SMILES string of the molecule is CC(C)OC(=O)C1CCC(NS(=O)(=O)c2ccc(NCc3ccccc3)c([N+](=O)[O-])c2)CC1. The Hall–Kier alpha value is -2.98. The van der Waals surface area contributed by atoms with Gasteiger partial charge in [0.25, 0.3) is 5.69 Å². The van der Waals surface area contributed by atoms with E-state index in [4.69, 9.17) is 4.74 Å². The molecule has 0 saturated heterocycles. The normalized spacial score (nSPS) is 18.6. The first-order valence-corrected chi connectivity index (χ1v) is 12.4. The number of ether oxygens (including phenoxy) is 1. The fraction of sp³-hybridized carbons (Fsp3) is 0.435. The largest absolute Gasteiger partial charge is 0.463 e. The highest BCUT2D eigenvalue weighted by atomic mass is 32.2. The van der Waals surface area contributed by atoms with Crippen molar-refractivity contribution in [3.05, 3.63) is 64.2 Å². The number of nitro benzene ring substituents is 1. The van der Waals surface area contributed by atoms with E-state index in [1.807, 2.05) is 30.3 Å². The van der Waals surface area contributed by atoms with E-state index in [1.54, 1.807) is 13.8 Å². The lowest BCUT2D eigenvalue weighted by Crippen LogP contribution is -2.39. The summed E-state index contributed by atoms with van der Waals surface area (Å²) in [6.07, 6.45) is 1.86. The number of benzene rings is 2. The maximum Gasteiger partial charge on any atom is 0.309 e. The predicted octanol–water partition coefficient (Wildman–Crippen LogP) is 4.00. The first kappa shape index (κ1) is 24.7. The first-order chi connectivity index (χ1) is 15.7. The van der Waals surface area contributed by atoms with E-state index < -0.39 is 14.9 Å². The number of nitrogens with zero attached hydrogens (tertiary/aromatic N) is 1. The van der Waals surface area contributed by atoms with Gasteiger partial charge in [0.2, 0.25) is 10.0 Å². The maximum atomic E-state index is 12.9. The molecule has 10 heteroatoms. The average Bonchev–Trinajstić information content (AvgIpc) is 2.78. The van der Waals surface area contributed by atoms with Crippen molar-refractivity contribution in [3.8, 4) is 0 Å². The molecule has 0 aliphatic heterocycles. The molecule has 3 rings (SSSR count). The number of rotatable bonds is 9. The molecule has 0 aromatic heterocycles. The molecule has 1 aliphatic rings. The summed E-state index contributed by atoms with van der Waals surface area (Å²) in [6, 6.07) is 12.9. The van der Waals surface area contributed by atoms with Gasteiger partial charge in [0.1, 0.15) is 5.69 Å². The monoisotopic (exact) mass is 475 g/mol. The minimum atomic E-state index is -3.95. The zero-order valence-electron chi connectivity index (χ0n) is 18.7. The molecule has 2 aromatic carbocycles. The van der Waals surface area contributed by atoms with Crippen LogP contribution in [0.1, 0.15) is 45.1 Å². The summed E-state index contributed by atoms with van der Waals surface area (Å²) >= 11 is 0. The van der Waals surface area contributed by atoms with Crippen molar-refractivity contribution in [2.75, 3.05) is 5.32 Å². The molecule has 1 fully saturated rings. The minimum Gasteiger partial charge on any atom is -0.463 e. The first-order valence-electron chi connectivity index (χ1n) is 10.9. The standard InChI is InChI=1S/C23H29N3O6S/c1-16(2)32-23(27)18-8-10-19(11-9-18)25-33(30,31)20-12-13-21(22(14-20)26(28)29)24-15-17-6-4-3-5-7-17/h3-7,12-14,16,18-19,24-25H,8-11,15H2,1-2H3. The summed E-state index contributed by atoms with van der Waals surface area (Å²) in [6.45, 7) is 3.95. The Balaban J connectivity index is 1.66. The molecule has 33 heavy (non-hydrogen) atoms. The number of nitro groups is 1. The molecule has 0 unspecified atom stereocenters. The predicted molar refractivity (Wildman–Crippen MR) is 124 cm³/mol. The van der Waals surface area contributed by atoms with Crippen LogP contribution in [0.3, 0.4) is 0 Å². The molecule has 9 nitrogen and oxygen atoms in total. The zero-order chi connectivity index (χ0) is 24.0. The van der Waals surface area contributed by atoms with Crippen molar-refractivity contribution in [2.24, 2.45) is 5.92 Å². The second-order valence-electron chi connectivity index (χ2n) is 8.43. The van der Waals surface area contributed by atoms with E-state index in [-0.39, 0.29) is 40.3 Å². The number of sulfonamides is 1. The Morgan fingerprint density at radius 3 is 2.39 bits per heavy atom. The smallest absolute Gasteiger partial charge is 0.309 e. The average molecular weight is 476 g/mol. The van der Waals surface area contributed by atoms with Crippen molar-refractivity contribution in [1.29, 1.82) is 0 Å². The Labute approximate surface area is 193 Å². The molecular weight excluding hydrogens is 446 g/mol. The van der Waals surface area contributed by atoms with Gasteiger partial charge in [-0.15, -0.1) is 0 Å². The fourth-order valence-corrected chi connectivity index (χ4v) is 5.16. The second-order valence-corrected chi connectivity index (χ2v) is 10.1. The molecule has 2 N–H and O–H groups in total. The third-order valence-electron chi connectivity index (χ3n) is 5.54. The van der Waals surface area contributed by atoms with Gasteiger partial charge < -0.3 is 10.1 Å². The summed E-state index contributed by atoms with van der Waals surface area (Å²) in [5.41, 5.74) is 0.874. The molecule has 2 aromatic rings. The summed E-state index contributed by atoms with van der Waals surface area (Å²) in [5.74, 6) is -0.482. The number of anilines is 1. The van der Waals surface area contributed by atoms with E-state index in [2.05, 4.69) is 10.0 Å². The van der Waals surface area contributed by atoms with Crippen molar-refractivity contribution in [3.63, 3.8) is 0 Å². The van der Waals surface area contributed by atoms with Gasteiger partial charge in [0, 0.05) is 18.7 Å². The second kappa shape index (κ2) is 10.8. The van der Waals surface area contributed by atoms with Crippen LogP contribution in [-0.2, 0) is 26.1 Å². The molecule has 1 aliphatic carbocycles. The van der Waals surface area contributed by atoms with Crippen LogP contribution in [-0.4, -0.2) is 31.5 Å². The molecule has 0 heterocycles. The Bertz CT molecular complexity index is 1080. The van der Waals surface area contributed by atoms with E-state index >= 15 is 0 Å². The highest BCUT2D eigenvalue weighted by molar-refractivity contribution is 7.89. The quantitative estimate of drug-likeness (QED) is 0.319. The van der Waals surface area contributed by atoms with Crippen LogP contribution in [0.2, 0.25) is 0 Å². The van der Waals surface area contributed by atoms with Crippen molar-refractivity contribution in [1.82, 2.24) is 4.72 Å². The number of esters is 1. The van der Waals surface area contributed by atoms with Crippen LogP contribution in [0.4, 0.5) is 11.4 Å². The van der Waals surface area contributed by atoms with Gasteiger partial charge >= 0.3 is 5.97 Å². The highest BCUT2D eigenvalue weighted by Crippen LogP contribution is 2.30. The third kappa shape index (κ3) is 6.75. The Kier molecular flexibility index (Phi) is 8.04. The van der Waals surface area contributed by atoms with E-state index in [0.717, 1.165) is 11.6 Å². The van der Waals surface area contributed by atoms with Crippen LogP contribution in [0.25, 0.3) is 0 Å². The van der Waals surface area contributed by atoms with Gasteiger partial charge in [-0.3, -0.25) is 14.9 Å². The minimum absolute atomic E-state index is 0.166. The van der Waals surface area contributed by atoms with Gasteiger partial charge in [-0.2, -0.15) is 0 Å². The van der Waals surface area contributed by atoms with Gasteiger partial charge in [-0.1, -0.05) is 30.3 Å². The molecular formula is C23H29N3O6S. The number of nitrogens with one attached hydrogen (secondary N) is 2. The van der Waals surface area contributed by atoms with E-state index in [1.165, 1.54) is 12.1 Å². The summed E-state index contributed by atoms with van der Waals surface area (Å²) < 4.78 is 33.6.